The van der Waals surface area contributed by atoms with Crippen LogP contribution in [0, 0.1) is 0 Å². The maximum atomic E-state index is 14.4. The first-order valence-electron chi connectivity index (χ1n) is 11.8. The second-order valence-electron chi connectivity index (χ2n) is 9.52. The zero-order valence-electron chi connectivity index (χ0n) is 19.1. The molecular weight excluding hydrogens is 455 g/mol. The van der Waals surface area contributed by atoms with Crippen LogP contribution in [0.2, 0.25) is 5.02 Å². The van der Waals surface area contributed by atoms with E-state index in [0.29, 0.717) is 5.02 Å². The van der Waals surface area contributed by atoms with Crippen molar-refractivity contribution >= 4 is 25.3 Å². The van der Waals surface area contributed by atoms with Gasteiger partial charge in [0.15, 0.2) is 5.78 Å². The molecule has 3 unspecified atom stereocenters. The lowest BCUT2D eigenvalue weighted by molar-refractivity contribution is 0.0935. The Morgan fingerprint density at radius 2 is 1.18 bits per heavy atom. The first-order chi connectivity index (χ1) is 16.6. The Labute approximate surface area is 207 Å². The van der Waals surface area contributed by atoms with E-state index >= 15 is 0 Å². The normalized spacial score (nSPS) is 26.6. The highest BCUT2D eigenvalue weighted by Crippen LogP contribution is 2.97. The average molecular weight is 481 g/mol. The fourth-order valence-electron chi connectivity index (χ4n) is 6.89. The number of rotatable bonds is 5. The Morgan fingerprint density at radius 1 is 0.706 bits per heavy atom. The summed E-state index contributed by atoms with van der Waals surface area (Å²) in [5.74, 6) is 0.245. The molecule has 3 heteroatoms. The van der Waals surface area contributed by atoms with E-state index in [4.69, 9.17) is 11.6 Å². The van der Waals surface area contributed by atoms with Crippen LogP contribution in [0.15, 0.2) is 115 Å². The van der Waals surface area contributed by atoms with Crippen molar-refractivity contribution in [2.24, 2.45) is 0 Å². The third-order valence-electron chi connectivity index (χ3n) is 8.20. The van der Waals surface area contributed by atoms with Gasteiger partial charge < -0.3 is 0 Å². The molecule has 4 aromatic carbocycles. The molecule has 2 heterocycles. The van der Waals surface area contributed by atoms with Crippen LogP contribution < -0.4 is 0 Å². The van der Waals surface area contributed by atoms with Crippen molar-refractivity contribution in [3.05, 3.63) is 143 Å². The number of halogens is 1. The summed E-state index contributed by atoms with van der Waals surface area (Å²) in [4.78, 5) is 14.4. The molecule has 0 spiro atoms. The maximum Gasteiger partial charge on any atom is 0.174 e. The predicted molar refractivity (Wildman–Crippen MR) is 142 cm³/mol. The SMILES string of the molecule is CC1(C(=O)c2ccc(Cl)cc2)P2CCC(c3ccccc3)(c3ccccc3)C21c1ccccc1. The first kappa shape index (κ1) is 21.8. The van der Waals surface area contributed by atoms with Crippen LogP contribution >= 0.6 is 19.5 Å². The van der Waals surface area contributed by atoms with E-state index in [2.05, 4.69) is 97.9 Å². The van der Waals surface area contributed by atoms with Crippen molar-refractivity contribution in [3.8, 4) is 0 Å². The minimum absolute atomic E-state index is 0.245. The van der Waals surface area contributed by atoms with Crippen molar-refractivity contribution < 1.29 is 4.79 Å². The van der Waals surface area contributed by atoms with Gasteiger partial charge in [-0.05, 0) is 60.5 Å². The molecule has 2 saturated heterocycles. The van der Waals surface area contributed by atoms with Crippen LogP contribution in [0.5, 0.6) is 0 Å². The van der Waals surface area contributed by atoms with Crippen molar-refractivity contribution in [1.82, 2.24) is 0 Å². The van der Waals surface area contributed by atoms with Crippen molar-refractivity contribution in [1.29, 1.82) is 0 Å². The average Bonchev–Trinajstić information content (AvgIpc) is 3.25. The van der Waals surface area contributed by atoms with Crippen LogP contribution in [0.25, 0.3) is 0 Å². The fourth-order valence-corrected chi connectivity index (χ4v) is 11.7. The smallest absolute Gasteiger partial charge is 0.174 e. The summed E-state index contributed by atoms with van der Waals surface area (Å²) in [7, 11) is -0.593. The molecule has 1 nitrogen and oxygen atoms in total. The molecule has 168 valence electrons. The molecule has 0 aromatic heterocycles. The summed E-state index contributed by atoms with van der Waals surface area (Å²) in [6.45, 7) is 2.24. The van der Waals surface area contributed by atoms with Crippen molar-refractivity contribution in [2.75, 3.05) is 6.16 Å². The summed E-state index contributed by atoms with van der Waals surface area (Å²) in [6.07, 6.45) is 2.12. The molecule has 2 aliphatic rings. The second kappa shape index (κ2) is 7.91. The van der Waals surface area contributed by atoms with Crippen molar-refractivity contribution in [2.45, 2.75) is 29.1 Å². The highest BCUT2D eigenvalue weighted by Gasteiger charge is 2.87. The summed E-state index contributed by atoms with van der Waals surface area (Å²) in [5, 5.41) is -0.0682. The zero-order valence-corrected chi connectivity index (χ0v) is 20.8. The van der Waals surface area contributed by atoms with Crippen molar-refractivity contribution in [3.63, 3.8) is 0 Å². The Hall–Kier alpha value is -2.73. The molecular formula is C31H26ClOP. The van der Waals surface area contributed by atoms with E-state index in [-0.39, 0.29) is 16.4 Å². The largest absolute Gasteiger partial charge is 0.293 e. The quantitative estimate of drug-likeness (QED) is 0.208. The van der Waals surface area contributed by atoms with Crippen LogP contribution in [-0.4, -0.2) is 17.1 Å². The molecule has 0 N–H and O–H groups in total. The van der Waals surface area contributed by atoms with Gasteiger partial charge in [-0.1, -0.05) is 111 Å². The number of hydrogen-bond donors (Lipinski definition) is 0. The van der Waals surface area contributed by atoms with E-state index < -0.39 is 13.1 Å². The first-order valence-corrected chi connectivity index (χ1v) is 13.7. The Kier molecular flexibility index (Phi) is 5.07. The van der Waals surface area contributed by atoms with Gasteiger partial charge in [0.1, 0.15) is 0 Å². The number of carbonyl (C=O) groups is 1. The van der Waals surface area contributed by atoms with E-state index in [1.54, 1.807) is 0 Å². The molecule has 0 bridgehead atoms. The van der Waals surface area contributed by atoms with Gasteiger partial charge in [-0.3, -0.25) is 4.79 Å². The summed E-state index contributed by atoms with van der Waals surface area (Å²) >= 11 is 6.16. The maximum absolute atomic E-state index is 14.4. The number of ketones is 1. The highest BCUT2D eigenvalue weighted by molar-refractivity contribution is 7.71. The lowest BCUT2D eigenvalue weighted by atomic mass is 9.58. The minimum Gasteiger partial charge on any atom is -0.293 e. The van der Waals surface area contributed by atoms with Gasteiger partial charge in [-0.15, -0.1) is 0 Å². The van der Waals surface area contributed by atoms with Gasteiger partial charge >= 0.3 is 0 Å². The number of Topliss-reactive ketones (excluding diaryl/α,β-unsaturated/α-hetero) is 1. The molecule has 3 atom stereocenters. The van der Waals surface area contributed by atoms with Gasteiger partial charge in [0.05, 0.1) is 5.16 Å². The topological polar surface area (TPSA) is 17.1 Å². The Balaban J connectivity index is 1.65. The zero-order chi connectivity index (χ0) is 23.4. The standard InChI is InChI=1S/C31H26ClOP/c1-29(28(33)23-17-19-27(32)20-18-23)31(26-15-9-4-10-16-26)30(21-22-34(29)31,24-11-5-2-6-12-24)25-13-7-3-8-14-25/h2-20H,21-22H2,1H3. The summed E-state index contributed by atoms with van der Waals surface area (Å²) < 4.78 is 0. The van der Waals surface area contributed by atoms with Crippen LogP contribution in [0.3, 0.4) is 0 Å². The monoisotopic (exact) mass is 480 g/mol. The molecule has 0 aliphatic carbocycles. The van der Waals surface area contributed by atoms with E-state index in [1.165, 1.54) is 16.7 Å². The van der Waals surface area contributed by atoms with Gasteiger partial charge in [0, 0.05) is 21.2 Å². The van der Waals surface area contributed by atoms with E-state index in [0.717, 1.165) is 18.1 Å². The van der Waals surface area contributed by atoms with Gasteiger partial charge in [0.25, 0.3) is 0 Å². The van der Waals surface area contributed by atoms with Gasteiger partial charge in [-0.2, -0.15) is 0 Å². The van der Waals surface area contributed by atoms with Crippen LogP contribution in [0.4, 0.5) is 0 Å². The summed E-state index contributed by atoms with van der Waals surface area (Å²) in [5.41, 5.74) is 4.40. The highest BCUT2D eigenvalue weighted by atomic mass is 35.5. The number of benzene rings is 4. The Morgan fingerprint density at radius 3 is 1.68 bits per heavy atom. The van der Waals surface area contributed by atoms with Crippen LogP contribution in [0.1, 0.15) is 40.4 Å². The third-order valence-corrected chi connectivity index (χ3v) is 12.4. The second-order valence-corrected chi connectivity index (χ2v) is 12.8. The number of fused-ring (bicyclic) bond motifs is 1. The molecule has 34 heavy (non-hydrogen) atoms. The van der Waals surface area contributed by atoms with Crippen LogP contribution in [-0.2, 0) is 10.6 Å². The fraction of sp³-hybridized carbons (Fsp3) is 0.194. The van der Waals surface area contributed by atoms with Gasteiger partial charge in [0.2, 0.25) is 0 Å². The molecule has 0 saturated carbocycles. The molecule has 0 amide bonds. The molecule has 2 aliphatic heterocycles. The molecule has 0 radical (unpaired) electrons. The summed E-state index contributed by atoms with van der Waals surface area (Å²) in [6, 6.07) is 40.1. The molecule has 6 rings (SSSR count). The predicted octanol–water partition coefficient (Wildman–Crippen LogP) is 8.06. The molecule has 4 aromatic rings. The van der Waals surface area contributed by atoms with E-state index in [1.807, 2.05) is 24.3 Å². The molecule has 2 fully saturated rings. The third kappa shape index (κ3) is 2.69. The number of carbonyl (C=O) groups excluding carboxylic acids is 1. The lowest BCUT2D eigenvalue weighted by Gasteiger charge is -2.43. The minimum atomic E-state index is -0.593. The van der Waals surface area contributed by atoms with Gasteiger partial charge in [-0.25, -0.2) is 0 Å². The van der Waals surface area contributed by atoms with E-state index in [9.17, 15) is 4.79 Å². The Bertz CT molecular complexity index is 1300. The lowest BCUT2D eigenvalue weighted by Crippen LogP contribution is -2.47. The number of hydrogen-bond acceptors (Lipinski definition) is 1.